The number of fused-ring (bicyclic) bond motifs is 1. The van der Waals surface area contributed by atoms with Gasteiger partial charge < -0.3 is 18.9 Å². The molecule has 204 valence electrons. The van der Waals surface area contributed by atoms with Crippen molar-refractivity contribution in [3.8, 4) is 11.5 Å². The van der Waals surface area contributed by atoms with Crippen LogP contribution in [0.3, 0.4) is 0 Å². The number of nitrogens with zero attached hydrogens (tertiary/aromatic N) is 2. The predicted octanol–water partition coefficient (Wildman–Crippen LogP) is 3.75. The van der Waals surface area contributed by atoms with Gasteiger partial charge in [-0.25, -0.2) is 14.6 Å². The average molecular weight is 616 g/mol. The fourth-order valence-corrected chi connectivity index (χ4v) is 5.84. The number of hydrogen-bond donors (Lipinski definition) is 0. The fourth-order valence-electron chi connectivity index (χ4n) is 4.26. The Bertz CT molecular complexity index is 1640. The van der Waals surface area contributed by atoms with Crippen LogP contribution in [0.1, 0.15) is 48.3 Å². The van der Waals surface area contributed by atoms with Gasteiger partial charge in [-0.15, -0.1) is 0 Å². The molecular weight excluding hydrogens is 588 g/mol. The van der Waals surface area contributed by atoms with Crippen LogP contribution in [-0.2, 0) is 14.3 Å². The number of rotatable bonds is 8. The fraction of sp³-hybridized carbons (Fsp3) is 0.286. The molecular formula is C28H27BrN2O7S. The van der Waals surface area contributed by atoms with Crippen molar-refractivity contribution in [3.05, 3.63) is 88.5 Å². The maximum absolute atomic E-state index is 13.9. The van der Waals surface area contributed by atoms with Gasteiger partial charge in [-0.2, -0.15) is 0 Å². The lowest BCUT2D eigenvalue weighted by Gasteiger charge is -2.26. The highest BCUT2D eigenvalue weighted by Crippen LogP contribution is 2.41. The van der Waals surface area contributed by atoms with E-state index in [0.29, 0.717) is 48.7 Å². The molecule has 0 spiro atoms. The Hall–Kier alpha value is -3.70. The van der Waals surface area contributed by atoms with Crippen molar-refractivity contribution in [3.63, 3.8) is 0 Å². The SMILES string of the molecule is CCOC(=O)C1=C(C)N=c2s/c(=C/c3ccc(C(=O)OC)cc3)c(=O)n2[C@@H]1c1cc(OC)c(OCC)cc1Br. The van der Waals surface area contributed by atoms with E-state index in [-0.39, 0.29) is 17.7 Å². The Morgan fingerprint density at radius 3 is 2.41 bits per heavy atom. The summed E-state index contributed by atoms with van der Waals surface area (Å²) in [4.78, 5) is 43.9. The van der Waals surface area contributed by atoms with E-state index in [2.05, 4.69) is 20.9 Å². The number of benzene rings is 2. The van der Waals surface area contributed by atoms with Gasteiger partial charge in [-0.3, -0.25) is 9.36 Å². The first-order valence-electron chi connectivity index (χ1n) is 12.1. The minimum absolute atomic E-state index is 0.169. The van der Waals surface area contributed by atoms with Crippen molar-refractivity contribution in [1.82, 2.24) is 4.57 Å². The van der Waals surface area contributed by atoms with E-state index < -0.39 is 18.0 Å². The topological polar surface area (TPSA) is 105 Å². The lowest BCUT2D eigenvalue weighted by Crippen LogP contribution is -2.40. The molecule has 0 unspecified atom stereocenters. The van der Waals surface area contributed by atoms with Crippen LogP contribution in [0.5, 0.6) is 11.5 Å². The maximum atomic E-state index is 13.9. The third kappa shape index (κ3) is 5.55. The molecule has 39 heavy (non-hydrogen) atoms. The summed E-state index contributed by atoms with van der Waals surface area (Å²) in [5, 5.41) is 0. The van der Waals surface area contributed by atoms with Crippen molar-refractivity contribution in [2.24, 2.45) is 4.99 Å². The van der Waals surface area contributed by atoms with E-state index in [0.717, 1.165) is 5.56 Å². The lowest BCUT2D eigenvalue weighted by atomic mass is 9.95. The molecule has 1 aromatic heterocycles. The van der Waals surface area contributed by atoms with Crippen molar-refractivity contribution < 1.29 is 28.5 Å². The molecule has 0 saturated carbocycles. The number of halogens is 1. The Morgan fingerprint density at radius 1 is 1.08 bits per heavy atom. The third-order valence-electron chi connectivity index (χ3n) is 6.02. The summed E-state index contributed by atoms with van der Waals surface area (Å²) in [5.74, 6) is -0.0204. The average Bonchev–Trinajstić information content (AvgIpc) is 3.22. The first kappa shape index (κ1) is 28.3. The van der Waals surface area contributed by atoms with E-state index >= 15 is 0 Å². The molecule has 0 amide bonds. The predicted molar refractivity (Wildman–Crippen MR) is 150 cm³/mol. The number of esters is 2. The minimum Gasteiger partial charge on any atom is -0.493 e. The van der Waals surface area contributed by atoms with E-state index in [1.165, 1.54) is 30.1 Å². The second-order valence-electron chi connectivity index (χ2n) is 8.37. The molecule has 3 aromatic rings. The quantitative estimate of drug-likeness (QED) is 0.356. The number of methoxy groups -OCH3 is 2. The number of allylic oxidation sites excluding steroid dienone is 1. The molecule has 0 fully saturated rings. The zero-order valence-corrected chi connectivity index (χ0v) is 24.5. The number of carbonyl (C=O) groups excluding carboxylic acids is 2. The van der Waals surface area contributed by atoms with Crippen LogP contribution >= 0.6 is 27.3 Å². The normalized spacial score (nSPS) is 14.9. The number of hydrogen-bond acceptors (Lipinski definition) is 9. The molecule has 0 bridgehead atoms. The second-order valence-corrected chi connectivity index (χ2v) is 10.2. The molecule has 0 N–H and O–H groups in total. The van der Waals surface area contributed by atoms with Crippen molar-refractivity contribution in [2.75, 3.05) is 27.4 Å². The van der Waals surface area contributed by atoms with E-state index in [4.69, 9.17) is 18.9 Å². The second kappa shape index (κ2) is 12.0. The van der Waals surface area contributed by atoms with Gasteiger partial charge in [0.05, 0.1) is 54.8 Å². The Balaban J connectivity index is 1.94. The Labute approximate surface area is 237 Å². The molecule has 1 aliphatic heterocycles. The summed E-state index contributed by atoms with van der Waals surface area (Å²) < 4.78 is 23.9. The molecule has 4 rings (SSSR count). The van der Waals surface area contributed by atoms with Gasteiger partial charge >= 0.3 is 11.9 Å². The van der Waals surface area contributed by atoms with Gasteiger partial charge in [-0.1, -0.05) is 39.4 Å². The number of thiazole rings is 1. The summed E-state index contributed by atoms with van der Waals surface area (Å²) in [7, 11) is 2.85. The molecule has 11 heteroatoms. The molecule has 9 nitrogen and oxygen atoms in total. The van der Waals surface area contributed by atoms with E-state index in [1.807, 2.05) is 6.92 Å². The van der Waals surface area contributed by atoms with Crippen LogP contribution in [0, 0.1) is 0 Å². The summed E-state index contributed by atoms with van der Waals surface area (Å²) in [6.07, 6.45) is 1.72. The van der Waals surface area contributed by atoms with Gasteiger partial charge in [0.1, 0.15) is 0 Å². The Morgan fingerprint density at radius 2 is 1.79 bits per heavy atom. The van der Waals surface area contributed by atoms with Crippen LogP contribution in [0.15, 0.2) is 61.9 Å². The largest absolute Gasteiger partial charge is 0.493 e. The molecule has 2 aromatic carbocycles. The standard InChI is InChI=1S/C28H27BrN2O7S/c1-6-37-21-14-19(29)18(13-20(21)35-4)24-23(27(34)38-7-2)15(3)30-28-31(24)25(32)22(39-28)12-16-8-10-17(11-9-16)26(33)36-5/h8-14,24H,6-7H2,1-5H3/b22-12+/t24-/m1/s1. The summed E-state index contributed by atoms with van der Waals surface area (Å²) in [5.41, 5.74) is 2.12. The van der Waals surface area contributed by atoms with Crippen LogP contribution < -0.4 is 24.4 Å². The summed E-state index contributed by atoms with van der Waals surface area (Å²) >= 11 is 4.82. The first-order chi connectivity index (χ1) is 18.7. The monoisotopic (exact) mass is 614 g/mol. The zero-order valence-electron chi connectivity index (χ0n) is 22.1. The highest BCUT2D eigenvalue weighted by Gasteiger charge is 2.35. The molecule has 2 heterocycles. The highest BCUT2D eigenvalue weighted by atomic mass is 79.9. The Kier molecular flexibility index (Phi) is 8.71. The smallest absolute Gasteiger partial charge is 0.338 e. The van der Waals surface area contributed by atoms with Crippen LogP contribution in [0.2, 0.25) is 0 Å². The molecule has 1 aliphatic rings. The lowest BCUT2D eigenvalue weighted by molar-refractivity contribution is -0.139. The minimum atomic E-state index is -0.830. The molecule has 0 aliphatic carbocycles. The third-order valence-corrected chi connectivity index (χ3v) is 7.69. The van der Waals surface area contributed by atoms with Crippen LogP contribution in [-0.4, -0.2) is 43.9 Å². The molecule has 1 atom stereocenters. The maximum Gasteiger partial charge on any atom is 0.338 e. The summed E-state index contributed by atoms with van der Waals surface area (Å²) in [6.45, 7) is 5.92. The van der Waals surface area contributed by atoms with Gasteiger partial charge in [0, 0.05) is 4.47 Å². The van der Waals surface area contributed by atoms with Gasteiger partial charge in [-0.05, 0) is 62.2 Å². The van der Waals surface area contributed by atoms with Gasteiger partial charge in [0.15, 0.2) is 16.3 Å². The van der Waals surface area contributed by atoms with Gasteiger partial charge in [0.2, 0.25) is 0 Å². The van der Waals surface area contributed by atoms with E-state index in [1.54, 1.807) is 56.3 Å². The molecule has 0 saturated heterocycles. The van der Waals surface area contributed by atoms with Crippen molar-refractivity contribution in [1.29, 1.82) is 0 Å². The molecule has 0 radical (unpaired) electrons. The number of ether oxygens (including phenoxy) is 4. The van der Waals surface area contributed by atoms with E-state index in [9.17, 15) is 14.4 Å². The number of aromatic nitrogens is 1. The van der Waals surface area contributed by atoms with Crippen LogP contribution in [0.25, 0.3) is 6.08 Å². The van der Waals surface area contributed by atoms with Crippen molar-refractivity contribution >= 4 is 45.3 Å². The van der Waals surface area contributed by atoms with Crippen molar-refractivity contribution in [2.45, 2.75) is 26.8 Å². The zero-order chi connectivity index (χ0) is 28.3. The first-order valence-corrected chi connectivity index (χ1v) is 13.7. The van der Waals surface area contributed by atoms with Crippen LogP contribution in [0.4, 0.5) is 0 Å². The number of carbonyl (C=O) groups is 2. The highest BCUT2D eigenvalue weighted by molar-refractivity contribution is 9.10. The van der Waals surface area contributed by atoms with Gasteiger partial charge in [0.25, 0.3) is 5.56 Å². The summed E-state index contributed by atoms with van der Waals surface area (Å²) in [6, 6.07) is 9.39.